The molecule has 2 aliphatic rings. The molecule has 1 aromatic heterocycles. The van der Waals surface area contributed by atoms with E-state index >= 15 is 0 Å². The summed E-state index contributed by atoms with van der Waals surface area (Å²) in [5.41, 5.74) is 3.01. The summed E-state index contributed by atoms with van der Waals surface area (Å²) in [4.78, 5) is 33.8. The molecule has 0 aliphatic carbocycles. The topological polar surface area (TPSA) is 97.9 Å². The van der Waals surface area contributed by atoms with Crippen molar-refractivity contribution in [3.8, 4) is 5.75 Å². The Bertz CT molecular complexity index is 1560. The van der Waals surface area contributed by atoms with Crippen LogP contribution < -0.4 is 10.1 Å². The van der Waals surface area contributed by atoms with Crippen LogP contribution in [0.3, 0.4) is 0 Å². The molecule has 40 heavy (non-hydrogen) atoms. The van der Waals surface area contributed by atoms with Crippen molar-refractivity contribution in [1.29, 1.82) is 0 Å². The molecule has 206 valence electrons. The second-order valence-corrected chi connectivity index (χ2v) is 10.5. The van der Waals surface area contributed by atoms with E-state index in [4.69, 9.17) is 4.74 Å². The van der Waals surface area contributed by atoms with E-state index in [0.717, 1.165) is 22.2 Å². The van der Waals surface area contributed by atoms with Gasteiger partial charge < -0.3 is 29.9 Å². The first-order valence-corrected chi connectivity index (χ1v) is 13.4. The number of ether oxygens (including phenoxy) is 1. The predicted molar refractivity (Wildman–Crippen MR) is 150 cm³/mol. The van der Waals surface area contributed by atoms with Gasteiger partial charge in [-0.15, -0.1) is 0 Å². The van der Waals surface area contributed by atoms with Crippen LogP contribution in [-0.2, 0) is 5.41 Å². The molecule has 2 aliphatic heterocycles. The Labute approximate surface area is 231 Å². The van der Waals surface area contributed by atoms with Crippen molar-refractivity contribution in [2.24, 2.45) is 0 Å². The summed E-state index contributed by atoms with van der Waals surface area (Å²) >= 11 is 0. The maximum atomic E-state index is 14.2. The number of H-pyrrole nitrogens is 1. The molecule has 0 unspecified atom stereocenters. The molecule has 0 bridgehead atoms. The second-order valence-electron chi connectivity index (χ2n) is 10.5. The van der Waals surface area contributed by atoms with Crippen LogP contribution in [0, 0.1) is 5.82 Å². The molecule has 1 atom stereocenters. The van der Waals surface area contributed by atoms with Gasteiger partial charge in [0, 0.05) is 53.3 Å². The normalized spacial score (nSPS) is 18.0. The van der Waals surface area contributed by atoms with E-state index in [0.29, 0.717) is 43.8 Å². The summed E-state index contributed by atoms with van der Waals surface area (Å²) in [6.45, 7) is 1.03. The maximum absolute atomic E-state index is 14.2. The fraction of sp³-hybridized carbons (Fsp3) is 0.290. The largest absolute Gasteiger partial charge is 0.497 e. The minimum Gasteiger partial charge on any atom is -0.497 e. The van der Waals surface area contributed by atoms with E-state index in [-0.39, 0.29) is 24.2 Å². The van der Waals surface area contributed by atoms with Crippen molar-refractivity contribution in [2.45, 2.75) is 24.3 Å². The molecule has 1 saturated heterocycles. The smallest absolute Gasteiger partial charge is 0.321 e. The van der Waals surface area contributed by atoms with Crippen LogP contribution in [0.5, 0.6) is 5.75 Å². The number of nitrogens with zero attached hydrogens (tertiary/aromatic N) is 2. The number of aromatic amines is 1. The third kappa shape index (κ3) is 4.36. The molecule has 3 aromatic carbocycles. The fourth-order valence-electron chi connectivity index (χ4n) is 6.27. The summed E-state index contributed by atoms with van der Waals surface area (Å²) in [6.07, 6.45) is 1.20. The first-order chi connectivity index (χ1) is 19.4. The first-order valence-electron chi connectivity index (χ1n) is 13.4. The zero-order chi connectivity index (χ0) is 27.9. The molecule has 4 aromatic rings. The predicted octanol–water partition coefficient (Wildman–Crippen LogP) is 5.07. The van der Waals surface area contributed by atoms with Crippen LogP contribution in [0.15, 0.2) is 72.8 Å². The van der Waals surface area contributed by atoms with Crippen LogP contribution >= 0.6 is 0 Å². The van der Waals surface area contributed by atoms with Gasteiger partial charge in [-0.25, -0.2) is 9.18 Å². The van der Waals surface area contributed by atoms with Crippen LogP contribution in [-0.4, -0.2) is 65.2 Å². The third-order valence-electron chi connectivity index (χ3n) is 8.33. The zero-order valence-electron chi connectivity index (χ0n) is 22.2. The number of hydrogen-bond donors (Lipinski definition) is 3. The number of methoxy groups -OCH3 is 1. The zero-order valence-corrected chi connectivity index (χ0v) is 22.2. The van der Waals surface area contributed by atoms with Crippen molar-refractivity contribution in [3.05, 3.63) is 95.4 Å². The van der Waals surface area contributed by atoms with Gasteiger partial charge in [0.1, 0.15) is 11.6 Å². The molecule has 0 saturated carbocycles. The molecule has 6 rings (SSSR count). The van der Waals surface area contributed by atoms with Crippen molar-refractivity contribution < 1.29 is 23.8 Å². The molecule has 8 nitrogen and oxygen atoms in total. The number of aliphatic hydroxyl groups excluding tert-OH is 1. The van der Waals surface area contributed by atoms with Gasteiger partial charge in [-0.05, 0) is 54.8 Å². The summed E-state index contributed by atoms with van der Waals surface area (Å²) in [5, 5.41) is 14.3. The molecule has 9 heteroatoms. The number of piperidine rings is 1. The van der Waals surface area contributed by atoms with Gasteiger partial charge >= 0.3 is 6.03 Å². The van der Waals surface area contributed by atoms with Gasteiger partial charge in [0.25, 0.3) is 5.91 Å². The number of aromatic nitrogens is 1. The monoisotopic (exact) mass is 542 g/mol. The van der Waals surface area contributed by atoms with Crippen molar-refractivity contribution >= 4 is 28.5 Å². The molecular formula is C31H31FN4O4. The number of benzene rings is 3. The molecule has 0 radical (unpaired) electrons. The number of para-hydroxylation sites is 1. The van der Waals surface area contributed by atoms with Crippen LogP contribution in [0.4, 0.5) is 14.9 Å². The van der Waals surface area contributed by atoms with E-state index in [9.17, 15) is 19.1 Å². The number of carbonyl (C=O) groups excluding carboxylic acids is 2. The number of halogens is 1. The summed E-state index contributed by atoms with van der Waals surface area (Å²) < 4.78 is 19.6. The first kappa shape index (κ1) is 25.9. The van der Waals surface area contributed by atoms with Crippen molar-refractivity contribution in [3.63, 3.8) is 0 Å². The van der Waals surface area contributed by atoms with Gasteiger partial charge in [-0.3, -0.25) is 4.79 Å². The van der Waals surface area contributed by atoms with Crippen LogP contribution in [0.2, 0.25) is 0 Å². The number of likely N-dealkylation sites (tertiary alicyclic amines) is 1. The number of fused-ring (bicyclic) bond motifs is 4. The van der Waals surface area contributed by atoms with E-state index in [1.54, 1.807) is 41.2 Å². The molecular weight excluding hydrogens is 511 g/mol. The number of hydrogen-bond acceptors (Lipinski definition) is 4. The van der Waals surface area contributed by atoms with Crippen LogP contribution in [0.25, 0.3) is 10.9 Å². The molecule has 1 spiro atoms. The van der Waals surface area contributed by atoms with Gasteiger partial charge in [0.15, 0.2) is 0 Å². The third-order valence-corrected chi connectivity index (χ3v) is 8.33. The van der Waals surface area contributed by atoms with E-state index in [2.05, 4.69) is 10.3 Å². The highest BCUT2D eigenvalue weighted by Crippen LogP contribution is 2.49. The van der Waals surface area contributed by atoms with Crippen molar-refractivity contribution in [1.82, 2.24) is 14.8 Å². The SMILES string of the molecule is COc1ccc2c3c([nH]c2c1)[C@H](CO)N(C(=O)c1ccccc1)CC31CCN(C(=O)Nc2ccccc2F)CC1. The Hall–Kier alpha value is -4.37. The fourth-order valence-corrected chi connectivity index (χ4v) is 6.27. The summed E-state index contributed by atoms with van der Waals surface area (Å²) in [7, 11) is 1.62. The Kier molecular flexibility index (Phi) is 6.67. The lowest BCUT2D eigenvalue weighted by molar-refractivity contribution is 0.0371. The standard InChI is InChI=1S/C31H31FN4O4/c1-40-21-11-12-22-25(17-21)33-28-26(18-37)36(29(38)20-7-3-2-4-8-20)19-31(27(22)28)13-15-35(16-14-31)30(39)34-24-10-6-5-9-23(24)32/h2-12,17,26,33,37H,13-16,18-19H2,1H3,(H,34,39)/t26-/m0/s1. The number of aliphatic hydroxyl groups is 1. The van der Waals surface area contributed by atoms with E-state index in [1.807, 2.05) is 36.4 Å². The van der Waals surface area contributed by atoms with E-state index in [1.165, 1.54) is 12.1 Å². The highest BCUT2D eigenvalue weighted by Gasteiger charge is 2.49. The highest BCUT2D eigenvalue weighted by molar-refractivity contribution is 5.96. The Balaban J connectivity index is 1.37. The minimum absolute atomic E-state index is 0.142. The average Bonchev–Trinajstić information content (AvgIpc) is 3.38. The number of carbonyl (C=O) groups is 2. The molecule has 3 N–H and O–H groups in total. The van der Waals surface area contributed by atoms with Crippen LogP contribution in [0.1, 0.15) is 40.5 Å². The number of urea groups is 1. The lowest BCUT2D eigenvalue weighted by Crippen LogP contribution is -2.56. The Morgan fingerprint density at radius 3 is 2.50 bits per heavy atom. The van der Waals surface area contributed by atoms with Crippen molar-refractivity contribution in [2.75, 3.05) is 38.7 Å². The molecule has 3 amide bonds. The summed E-state index contributed by atoms with van der Waals surface area (Å²) in [5.74, 6) is 0.0683. The second kappa shape index (κ2) is 10.3. The van der Waals surface area contributed by atoms with Gasteiger partial charge in [0.2, 0.25) is 0 Å². The lowest BCUT2D eigenvalue weighted by Gasteiger charge is -2.50. The van der Waals surface area contributed by atoms with Gasteiger partial charge in [-0.2, -0.15) is 0 Å². The minimum atomic E-state index is -0.547. The number of nitrogens with one attached hydrogen (secondary N) is 2. The molecule has 3 heterocycles. The van der Waals surface area contributed by atoms with Gasteiger partial charge in [-0.1, -0.05) is 30.3 Å². The highest BCUT2D eigenvalue weighted by atomic mass is 19.1. The average molecular weight is 543 g/mol. The number of anilines is 1. The summed E-state index contributed by atoms with van der Waals surface area (Å²) in [6, 6.07) is 20.1. The number of amides is 3. The number of rotatable bonds is 4. The quantitative estimate of drug-likeness (QED) is 0.335. The van der Waals surface area contributed by atoms with Gasteiger partial charge in [0.05, 0.1) is 25.4 Å². The Morgan fingerprint density at radius 1 is 1.07 bits per heavy atom. The van der Waals surface area contributed by atoms with E-state index < -0.39 is 17.3 Å². The maximum Gasteiger partial charge on any atom is 0.321 e. The Morgan fingerprint density at radius 2 is 1.80 bits per heavy atom. The lowest BCUT2D eigenvalue weighted by atomic mass is 9.68. The molecule has 1 fully saturated rings.